The fourth-order valence-electron chi connectivity index (χ4n) is 1.89. The van der Waals surface area contributed by atoms with Gasteiger partial charge in [-0.3, -0.25) is 4.79 Å². The van der Waals surface area contributed by atoms with Crippen molar-refractivity contribution >= 4 is 16.8 Å². The van der Waals surface area contributed by atoms with Gasteiger partial charge < -0.3 is 19.8 Å². The molecule has 0 saturated carbocycles. The largest absolute Gasteiger partial charge is 0.382 e. The number of aromatic amines is 1. The molecule has 1 heterocycles. The molecule has 0 atom stereocenters. The van der Waals surface area contributed by atoms with Crippen molar-refractivity contribution in [3.63, 3.8) is 0 Å². The summed E-state index contributed by atoms with van der Waals surface area (Å²) in [5.41, 5.74) is 0.922. The second-order valence-corrected chi connectivity index (χ2v) is 4.22. The molecule has 0 saturated heterocycles. The molecular formula is C14H17FN2O3. The highest BCUT2D eigenvalue weighted by Crippen LogP contribution is 2.20. The summed E-state index contributed by atoms with van der Waals surface area (Å²) in [5, 5.41) is 3.14. The number of benzene rings is 1. The number of H-pyrrole nitrogens is 1. The van der Waals surface area contributed by atoms with Gasteiger partial charge in [-0.05, 0) is 18.2 Å². The second kappa shape index (κ2) is 7.02. The Kier molecular flexibility index (Phi) is 5.09. The van der Waals surface area contributed by atoms with E-state index in [0.717, 1.165) is 0 Å². The fourth-order valence-corrected chi connectivity index (χ4v) is 1.89. The zero-order chi connectivity index (χ0) is 14.4. The van der Waals surface area contributed by atoms with E-state index in [4.69, 9.17) is 9.47 Å². The molecule has 5 nitrogen and oxygen atoms in total. The lowest BCUT2D eigenvalue weighted by molar-refractivity contribution is 0.0693. The summed E-state index contributed by atoms with van der Waals surface area (Å²) in [5.74, 6) is -0.603. The van der Waals surface area contributed by atoms with E-state index in [-0.39, 0.29) is 11.7 Å². The van der Waals surface area contributed by atoms with Gasteiger partial charge in [-0.25, -0.2) is 4.39 Å². The number of carbonyl (C=O) groups excluding carboxylic acids is 1. The number of nitrogens with one attached hydrogen (secondary N) is 2. The van der Waals surface area contributed by atoms with Crippen molar-refractivity contribution in [2.45, 2.75) is 0 Å². The molecule has 1 aromatic heterocycles. The first kappa shape index (κ1) is 14.5. The molecule has 1 aromatic carbocycles. The maximum Gasteiger partial charge on any atom is 0.253 e. The first-order valence-electron chi connectivity index (χ1n) is 6.34. The van der Waals surface area contributed by atoms with E-state index in [1.165, 1.54) is 12.1 Å². The van der Waals surface area contributed by atoms with Gasteiger partial charge >= 0.3 is 0 Å². The Bertz CT molecular complexity index is 583. The number of halogens is 1. The smallest absolute Gasteiger partial charge is 0.253 e. The highest BCUT2D eigenvalue weighted by Gasteiger charge is 2.12. The molecule has 108 valence electrons. The van der Waals surface area contributed by atoms with Gasteiger partial charge in [0.1, 0.15) is 5.82 Å². The molecule has 0 radical (unpaired) electrons. The number of hydrogen-bond acceptors (Lipinski definition) is 3. The quantitative estimate of drug-likeness (QED) is 0.759. The zero-order valence-corrected chi connectivity index (χ0v) is 11.2. The van der Waals surface area contributed by atoms with Crippen LogP contribution in [0.4, 0.5) is 4.39 Å². The Morgan fingerprint density at radius 3 is 2.95 bits per heavy atom. The number of aromatic nitrogens is 1. The molecule has 6 heteroatoms. The Morgan fingerprint density at radius 2 is 2.15 bits per heavy atom. The first-order chi connectivity index (χ1) is 9.74. The van der Waals surface area contributed by atoms with E-state index in [1.54, 1.807) is 19.4 Å². The van der Waals surface area contributed by atoms with Gasteiger partial charge in [0.25, 0.3) is 5.91 Å². The van der Waals surface area contributed by atoms with E-state index in [0.29, 0.717) is 42.8 Å². The van der Waals surface area contributed by atoms with Gasteiger partial charge in [0.15, 0.2) is 0 Å². The van der Waals surface area contributed by atoms with Crippen LogP contribution in [0.1, 0.15) is 10.4 Å². The molecular weight excluding hydrogens is 263 g/mol. The van der Waals surface area contributed by atoms with Crippen LogP contribution in [-0.4, -0.2) is 44.4 Å². The molecule has 0 aliphatic heterocycles. The molecule has 0 bridgehead atoms. The van der Waals surface area contributed by atoms with Crippen molar-refractivity contribution in [2.75, 3.05) is 33.5 Å². The SMILES string of the molecule is COCCOCCNC(=O)c1ccc(F)c2cc[nH]c12. The predicted octanol–water partition coefficient (Wildman–Crippen LogP) is 1.70. The number of amides is 1. The number of ether oxygens (including phenoxy) is 2. The zero-order valence-electron chi connectivity index (χ0n) is 11.2. The summed E-state index contributed by atoms with van der Waals surface area (Å²) in [7, 11) is 1.60. The van der Waals surface area contributed by atoms with Crippen molar-refractivity contribution in [1.82, 2.24) is 10.3 Å². The summed E-state index contributed by atoms with van der Waals surface area (Å²) in [6.07, 6.45) is 1.61. The Hall–Kier alpha value is -1.92. The predicted molar refractivity (Wildman–Crippen MR) is 73.3 cm³/mol. The van der Waals surface area contributed by atoms with Gasteiger partial charge in [0.05, 0.1) is 30.9 Å². The van der Waals surface area contributed by atoms with Crippen molar-refractivity contribution in [3.8, 4) is 0 Å². The minimum atomic E-state index is -0.347. The summed E-state index contributed by atoms with van der Waals surface area (Å²) in [6.45, 7) is 1.81. The lowest BCUT2D eigenvalue weighted by Crippen LogP contribution is -2.27. The third kappa shape index (κ3) is 3.34. The van der Waals surface area contributed by atoms with Crippen LogP contribution in [0.3, 0.4) is 0 Å². The van der Waals surface area contributed by atoms with E-state index in [9.17, 15) is 9.18 Å². The van der Waals surface area contributed by atoms with Crippen molar-refractivity contribution in [3.05, 3.63) is 35.8 Å². The van der Waals surface area contributed by atoms with Crippen LogP contribution in [0.2, 0.25) is 0 Å². The molecule has 0 spiro atoms. The van der Waals surface area contributed by atoms with Gasteiger partial charge in [0.2, 0.25) is 0 Å². The normalized spacial score (nSPS) is 10.9. The van der Waals surface area contributed by atoms with Crippen LogP contribution < -0.4 is 5.32 Å². The van der Waals surface area contributed by atoms with E-state index in [1.807, 2.05) is 0 Å². The molecule has 1 amide bonds. The Balaban J connectivity index is 1.91. The molecule has 0 unspecified atom stereocenters. The number of carbonyl (C=O) groups is 1. The van der Waals surface area contributed by atoms with Gasteiger partial charge in [0, 0.05) is 25.2 Å². The second-order valence-electron chi connectivity index (χ2n) is 4.22. The maximum absolute atomic E-state index is 13.5. The first-order valence-corrected chi connectivity index (χ1v) is 6.34. The van der Waals surface area contributed by atoms with Crippen LogP contribution >= 0.6 is 0 Å². The Labute approximate surface area is 116 Å². The van der Waals surface area contributed by atoms with E-state index in [2.05, 4.69) is 10.3 Å². The molecule has 0 aliphatic carbocycles. The van der Waals surface area contributed by atoms with Gasteiger partial charge in [-0.2, -0.15) is 0 Å². The van der Waals surface area contributed by atoms with Crippen LogP contribution in [0.25, 0.3) is 10.9 Å². The molecule has 0 aliphatic rings. The number of rotatable bonds is 7. The van der Waals surface area contributed by atoms with E-state index >= 15 is 0 Å². The van der Waals surface area contributed by atoms with Crippen molar-refractivity contribution < 1.29 is 18.7 Å². The average molecular weight is 280 g/mol. The third-order valence-corrected chi connectivity index (χ3v) is 2.88. The van der Waals surface area contributed by atoms with Crippen molar-refractivity contribution in [2.24, 2.45) is 0 Å². The fraction of sp³-hybridized carbons (Fsp3) is 0.357. The van der Waals surface area contributed by atoms with Gasteiger partial charge in [-0.15, -0.1) is 0 Å². The molecule has 2 N–H and O–H groups in total. The molecule has 0 fully saturated rings. The average Bonchev–Trinajstić information content (AvgIpc) is 2.93. The lowest BCUT2D eigenvalue weighted by atomic mass is 10.1. The summed E-state index contributed by atoms with van der Waals surface area (Å²) < 4.78 is 23.6. The van der Waals surface area contributed by atoms with Crippen LogP contribution in [-0.2, 0) is 9.47 Å². The maximum atomic E-state index is 13.5. The lowest BCUT2D eigenvalue weighted by Gasteiger charge is -2.07. The minimum absolute atomic E-state index is 0.257. The van der Waals surface area contributed by atoms with Crippen LogP contribution in [0, 0.1) is 5.82 Å². The number of methoxy groups -OCH3 is 1. The molecule has 20 heavy (non-hydrogen) atoms. The summed E-state index contributed by atoms with van der Waals surface area (Å²) in [4.78, 5) is 14.9. The van der Waals surface area contributed by atoms with Crippen molar-refractivity contribution in [1.29, 1.82) is 0 Å². The van der Waals surface area contributed by atoms with Crippen LogP contribution in [0.5, 0.6) is 0 Å². The molecule has 2 aromatic rings. The standard InChI is InChI=1S/C14H17FN2O3/c1-19-8-9-20-7-6-17-14(18)11-2-3-12(15)10-4-5-16-13(10)11/h2-5,16H,6-9H2,1H3,(H,17,18). The van der Waals surface area contributed by atoms with E-state index < -0.39 is 0 Å². The van der Waals surface area contributed by atoms with Crippen LogP contribution in [0.15, 0.2) is 24.4 Å². The topological polar surface area (TPSA) is 63.4 Å². The van der Waals surface area contributed by atoms with Gasteiger partial charge in [-0.1, -0.05) is 0 Å². The third-order valence-electron chi connectivity index (χ3n) is 2.88. The summed E-state index contributed by atoms with van der Waals surface area (Å²) in [6, 6.07) is 4.37. The summed E-state index contributed by atoms with van der Waals surface area (Å²) >= 11 is 0. The Morgan fingerprint density at radius 1 is 1.30 bits per heavy atom. The monoisotopic (exact) mass is 280 g/mol. The minimum Gasteiger partial charge on any atom is -0.382 e. The highest BCUT2D eigenvalue weighted by atomic mass is 19.1. The number of hydrogen-bond donors (Lipinski definition) is 2. The number of fused-ring (bicyclic) bond motifs is 1. The molecule has 2 rings (SSSR count). The highest BCUT2D eigenvalue weighted by molar-refractivity contribution is 6.05.